The van der Waals surface area contributed by atoms with Gasteiger partial charge in [-0.15, -0.1) is 6.54 Å². The topological polar surface area (TPSA) is 35.8 Å². The molecule has 110 valence electrons. The van der Waals surface area contributed by atoms with Crippen molar-refractivity contribution >= 4 is 5.69 Å². The van der Waals surface area contributed by atoms with Gasteiger partial charge in [0, 0.05) is 12.2 Å². The van der Waals surface area contributed by atoms with Gasteiger partial charge in [0.15, 0.2) is 0 Å². The van der Waals surface area contributed by atoms with Crippen molar-refractivity contribution in [1.29, 1.82) is 0 Å². The molecule has 0 saturated carbocycles. The zero-order chi connectivity index (χ0) is 15.2. The fraction of sp³-hybridized carbons (Fsp3) is 0.100. The molecule has 0 saturated heterocycles. The Kier molecular flexibility index (Phi) is 7.50. The largest absolute Gasteiger partial charge is 1.00 e. The van der Waals surface area contributed by atoms with Gasteiger partial charge < -0.3 is 11.1 Å². The summed E-state index contributed by atoms with van der Waals surface area (Å²) in [6.07, 6.45) is 0. The molecule has 0 radical (unpaired) electrons. The summed E-state index contributed by atoms with van der Waals surface area (Å²) in [4.78, 5) is 0. The first-order chi connectivity index (χ1) is 10.8. The van der Waals surface area contributed by atoms with Crippen LogP contribution in [0.5, 0.6) is 0 Å². The molecule has 3 aromatic carbocycles. The van der Waals surface area contributed by atoms with E-state index in [1.165, 1.54) is 16.7 Å². The minimum Gasteiger partial charge on any atom is -0.674 e. The van der Waals surface area contributed by atoms with Crippen LogP contribution in [0.3, 0.4) is 0 Å². The Bertz CT molecular complexity index is 724. The van der Waals surface area contributed by atoms with E-state index in [1.807, 2.05) is 30.3 Å². The number of anilines is 1. The number of nitrogens with one attached hydrogen (secondary N) is 2. The van der Waals surface area contributed by atoms with Crippen LogP contribution in [0.4, 0.5) is 5.69 Å². The van der Waals surface area contributed by atoms with Crippen molar-refractivity contribution in [3.63, 3.8) is 0 Å². The zero-order valence-electron chi connectivity index (χ0n) is 13.4. The molecule has 0 atom stereocenters. The second-order valence-corrected chi connectivity index (χ2v) is 5.29. The van der Waals surface area contributed by atoms with Gasteiger partial charge in [0.05, 0.1) is 0 Å². The van der Waals surface area contributed by atoms with Gasteiger partial charge in [-0.05, 0) is 28.8 Å². The van der Waals surface area contributed by atoms with Crippen LogP contribution < -0.4 is 56.7 Å². The molecule has 3 aromatic rings. The average Bonchev–Trinajstić information content (AvgIpc) is 2.61. The molecule has 0 heterocycles. The van der Waals surface area contributed by atoms with E-state index in [0.29, 0.717) is 6.54 Å². The Morgan fingerprint density at radius 3 is 2.09 bits per heavy atom. The van der Waals surface area contributed by atoms with E-state index >= 15 is 0 Å². The van der Waals surface area contributed by atoms with Crippen molar-refractivity contribution < 1.29 is 51.4 Å². The molecule has 0 unspecified atom stereocenters. The fourth-order valence-electron chi connectivity index (χ4n) is 2.44. The van der Waals surface area contributed by atoms with E-state index in [9.17, 15) is 0 Å². The molecule has 0 aromatic heterocycles. The van der Waals surface area contributed by atoms with Crippen LogP contribution in [0.15, 0.2) is 78.9 Å². The standard InChI is InChI=1S/C20H19N2.K/c21-14-17-5-4-8-20(13-17)22-15-16-9-11-19(12-10-16)18-6-2-1-3-7-18;/h1-13,21-22H,14-15H2;/q-1;+1. The van der Waals surface area contributed by atoms with Crippen LogP contribution in [-0.2, 0) is 13.1 Å². The van der Waals surface area contributed by atoms with Crippen LogP contribution in [-0.4, -0.2) is 0 Å². The van der Waals surface area contributed by atoms with E-state index in [-0.39, 0.29) is 51.4 Å². The van der Waals surface area contributed by atoms with Crippen LogP contribution in [0.1, 0.15) is 11.1 Å². The summed E-state index contributed by atoms with van der Waals surface area (Å²) in [5.74, 6) is 0. The van der Waals surface area contributed by atoms with Gasteiger partial charge in [0.1, 0.15) is 0 Å². The van der Waals surface area contributed by atoms with Gasteiger partial charge in [0.25, 0.3) is 0 Å². The van der Waals surface area contributed by atoms with Gasteiger partial charge in [-0.2, -0.15) is 0 Å². The number of hydrogen-bond acceptors (Lipinski definition) is 1. The third-order valence-corrected chi connectivity index (χ3v) is 3.69. The summed E-state index contributed by atoms with van der Waals surface area (Å²) in [5, 5.41) is 3.41. The van der Waals surface area contributed by atoms with Crippen molar-refractivity contribution in [1.82, 2.24) is 0 Å². The van der Waals surface area contributed by atoms with Gasteiger partial charge in [0.2, 0.25) is 0 Å². The molecular weight excluding hydrogens is 307 g/mol. The van der Waals surface area contributed by atoms with E-state index in [2.05, 4.69) is 53.8 Å². The summed E-state index contributed by atoms with van der Waals surface area (Å²) in [7, 11) is 0. The maximum Gasteiger partial charge on any atom is 1.00 e. The van der Waals surface area contributed by atoms with Crippen LogP contribution in [0.25, 0.3) is 16.9 Å². The van der Waals surface area contributed by atoms with Crippen molar-refractivity contribution in [2.45, 2.75) is 13.1 Å². The molecule has 2 N–H and O–H groups in total. The Labute approximate surface area is 180 Å². The second-order valence-electron chi connectivity index (χ2n) is 5.29. The predicted molar refractivity (Wildman–Crippen MR) is 93.7 cm³/mol. The normalized spacial score (nSPS) is 9.96. The molecule has 0 fully saturated rings. The molecule has 0 amide bonds. The SMILES string of the molecule is [K+].[NH-]Cc1cccc(NCc2ccc(-c3ccccc3)cc2)c1. The molecule has 2 nitrogen and oxygen atoms in total. The number of hydrogen-bond donors (Lipinski definition) is 1. The third-order valence-electron chi connectivity index (χ3n) is 3.69. The molecule has 23 heavy (non-hydrogen) atoms. The number of benzene rings is 3. The molecule has 0 spiro atoms. The minimum atomic E-state index is 0. The van der Waals surface area contributed by atoms with Crippen LogP contribution >= 0.6 is 0 Å². The molecule has 3 rings (SSSR count). The maximum absolute atomic E-state index is 7.41. The van der Waals surface area contributed by atoms with Gasteiger partial charge >= 0.3 is 51.4 Å². The molecule has 0 aliphatic rings. The molecule has 3 heteroatoms. The summed E-state index contributed by atoms with van der Waals surface area (Å²) in [6, 6.07) is 27.1. The van der Waals surface area contributed by atoms with Crippen LogP contribution in [0.2, 0.25) is 0 Å². The first-order valence-electron chi connectivity index (χ1n) is 7.47. The van der Waals surface area contributed by atoms with Crippen LogP contribution in [0, 0.1) is 0 Å². The smallest absolute Gasteiger partial charge is 0.674 e. The molecule has 0 aliphatic carbocycles. The summed E-state index contributed by atoms with van der Waals surface area (Å²) < 4.78 is 0. The van der Waals surface area contributed by atoms with E-state index in [0.717, 1.165) is 17.8 Å². The zero-order valence-corrected chi connectivity index (χ0v) is 16.5. The monoisotopic (exact) mass is 326 g/mol. The van der Waals surface area contributed by atoms with Crippen molar-refractivity contribution in [2.24, 2.45) is 0 Å². The molecular formula is C20H19KN2. The first-order valence-corrected chi connectivity index (χ1v) is 7.47. The van der Waals surface area contributed by atoms with Crippen molar-refractivity contribution in [3.05, 3.63) is 95.7 Å². The van der Waals surface area contributed by atoms with E-state index in [4.69, 9.17) is 5.73 Å². The molecule has 0 aliphatic heterocycles. The Hall–Kier alpha value is -0.944. The molecule has 0 bridgehead atoms. The van der Waals surface area contributed by atoms with Gasteiger partial charge in [-0.1, -0.05) is 72.3 Å². The first kappa shape index (κ1) is 18.4. The summed E-state index contributed by atoms with van der Waals surface area (Å²) in [5.41, 5.74) is 13.2. The maximum atomic E-state index is 7.41. The average molecular weight is 326 g/mol. The van der Waals surface area contributed by atoms with Crippen molar-refractivity contribution in [2.75, 3.05) is 5.32 Å². The Morgan fingerprint density at radius 2 is 1.39 bits per heavy atom. The Balaban J connectivity index is 0.00000192. The summed E-state index contributed by atoms with van der Waals surface area (Å²) in [6.45, 7) is 1.11. The van der Waals surface area contributed by atoms with Gasteiger partial charge in [-0.3, -0.25) is 0 Å². The predicted octanol–water partition coefficient (Wildman–Crippen LogP) is 2.52. The fourth-order valence-corrected chi connectivity index (χ4v) is 2.44. The quantitative estimate of drug-likeness (QED) is 0.719. The van der Waals surface area contributed by atoms with Gasteiger partial charge in [-0.25, -0.2) is 0 Å². The Morgan fingerprint density at radius 1 is 0.696 bits per heavy atom. The van der Waals surface area contributed by atoms with E-state index in [1.54, 1.807) is 0 Å². The summed E-state index contributed by atoms with van der Waals surface area (Å²) >= 11 is 0. The third kappa shape index (κ3) is 5.28. The minimum absolute atomic E-state index is 0. The number of rotatable bonds is 5. The second kappa shape index (κ2) is 9.38. The van der Waals surface area contributed by atoms with E-state index < -0.39 is 0 Å². The van der Waals surface area contributed by atoms with Crippen molar-refractivity contribution in [3.8, 4) is 11.1 Å².